The minimum absolute atomic E-state index is 0.202. The minimum atomic E-state index is -1.73. The average molecular weight is 340 g/mol. The smallest absolute Gasteiger partial charge is 0.325 e. The zero-order valence-corrected chi connectivity index (χ0v) is 12.6. The molecule has 0 radical (unpaired) electrons. The second-order valence-electron chi connectivity index (χ2n) is 5.30. The van der Waals surface area contributed by atoms with Crippen molar-refractivity contribution < 1.29 is 28.0 Å². The van der Waals surface area contributed by atoms with E-state index in [0.717, 1.165) is 12.1 Å². The number of carbonyl (C=O) groups is 4. The van der Waals surface area contributed by atoms with Crippen LogP contribution in [0.25, 0.3) is 0 Å². The Labute approximate surface area is 135 Å². The van der Waals surface area contributed by atoms with Gasteiger partial charge in [0.25, 0.3) is 5.91 Å². The molecule has 0 bridgehead atoms. The Balaban J connectivity index is 2.18. The number of amides is 6. The Morgan fingerprint density at radius 1 is 1.33 bits per heavy atom. The fraction of sp³-hybridized carbons (Fsp3) is 0.286. The summed E-state index contributed by atoms with van der Waals surface area (Å²) in [5, 5.41) is 4.12. The molecule has 10 heteroatoms. The lowest BCUT2D eigenvalue weighted by atomic mass is 9.91. The molecule has 0 spiro atoms. The van der Waals surface area contributed by atoms with E-state index in [4.69, 9.17) is 5.73 Å². The van der Waals surface area contributed by atoms with Crippen LogP contribution in [0.2, 0.25) is 0 Å². The standard InChI is InChI=1S/C14H14F2N4O4/c1-14(8-3-2-7(15)6-9(8)16)11(22)20(13(24)19-14)5-4-10(21)18-12(17)23/h2-3,6H,4-5H2,1H3,(H,19,24)(H3,17,18,21,23)/t14-/m1/s1. The zero-order chi connectivity index (χ0) is 18.1. The molecule has 1 fully saturated rings. The summed E-state index contributed by atoms with van der Waals surface area (Å²) >= 11 is 0. The van der Waals surface area contributed by atoms with Gasteiger partial charge in [-0.1, -0.05) is 6.07 Å². The molecule has 0 aromatic heterocycles. The molecule has 0 unspecified atom stereocenters. The summed E-state index contributed by atoms with van der Waals surface area (Å²) in [5.41, 5.74) is 2.85. The van der Waals surface area contributed by atoms with Crippen LogP contribution >= 0.6 is 0 Å². The van der Waals surface area contributed by atoms with Crippen LogP contribution in [0.3, 0.4) is 0 Å². The van der Waals surface area contributed by atoms with Crippen LogP contribution < -0.4 is 16.4 Å². The molecule has 1 aromatic carbocycles. The van der Waals surface area contributed by atoms with Gasteiger partial charge < -0.3 is 11.1 Å². The number of halogens is 2. The lowest BCUT2D eigenvalue weighted by molar-refractivity contribution is -0.131. The molecule has 128 valence electrons. The third-order valence-corrected chi connectivity index (χ3v) is 3.57. The molecular formula is C14H14F2N4O4. The fourth-order valence-electron chi connectivity index (χ4n) is 2.39. The minimum Gasteiger partial charge on any atom is -0.351 e. The van der Waals surface area contributed by atoms with E-state index in [2.05, 4.69) is 5.32 Å². The van der Waals surface area contributed by atoms with E-state index in [1.165, 1.54) is 6.92 Å². The first-order valence-electron chi connectivity index (χ1n) is 6.84. The molecular weight excluding hydrogens is 326 g/mol. The van der Waals surface area contributed by atoms with Gasteiger partial charge in [0.2, 0.25) is 5.91 Å². The molecule has 6 amide bonds. The Morgan fingerprint density at radius 3 is 2.58 bits per heavy atom. The zero-order valence-electron chi connectivity index (χ0n) is 12.6. The van der Waals surface area contributed by atoms with Crippen molar-refractivity contribution in [2.24, 2.45) is 5.73 Å². The summed E-state index contributed by atoms with van der Waals surface area (Å²) in [6.07, 6.45) is -0.357. The van der Waals surface area contributed by atoms with Crippen LogP contribution in [0.5, 0.6) is 0 Å². The van der Waals surface area contributed by atoms with Gasteiger partial charge in [-0.15, -0.1) is 0 Å². The van der Waals surface area contributed by atoms with Crippen LogP contribution in [0, 0.1) is 11.6 Å². The number of urea groups is 2. The van der Waals surface area contributed by atoms with Gasteiger partial charge in [0.1, 0.15) is 17.2 Å². The predicted molar refractivity (Wildman–Crippen MR) is 76.3 cm³/mol. The summed E-state index contributed by atoms with van der Waals surface area (Å²) in [6, 6.07) is 0.731. The molecule has 1 aliphatic rings. The fourth-order valence-corrected chi connectivity index (χ4v) is 2.39. The van der Waals surface area contributed by atoms with E-state index < -0.39 is 41.0 Å². The summed E-state index contributed by atoms with van der Waals surface area (Å²) in [6.45, 7) is 0.940. The van der Waals surface area contributed by atoms with Crippen molar-refractivity contribution in [2.45, 2.75) is 18.9 Å². The molecule has 8 nitrogen and oxygen atoms in total. The van der Waals surface area contributed by atoms with E-state index in [0.29, 0.717) is 11.0 Å². The molecule has 1 saturated heterocycles. The molecule has 24 heavy (non-hydrogen) atoms. The number of hydrogen-bond acceptors (Lipinski definition) is 4. The largest absolute Gasteiger partial charge is 0.351 e. The molecule has 0 saturated carbocycles. The number of hydrogen-bond donors (Lipinski definition) is 3. The summed E-state index contributed by atoms with van der Waals surface area (Å²) in [7, 11) is 0. The van der Waals surface area contributed by atoms with E-state index in [-0.39, 0.29) is 18.5 Å². The number of rotatable bonds is 4. The van der Waals surface area contributed by atoms with Crippen molar-refractivity contribution in [1.82, 2.24) is 15.5 Å². The first-order chi connectivity index (χ1) is 11.1. The first-order valence-corrected chi connectivity index (χ1v) is 6.84. The third kappa shape index (κ3) is 3.16. The number of carbonyl (C=O) groups excluding carboxylic acids is 4. The monoisotopic (exact) mass is 340 g/mol. The van der Waals surface area contributed by atoms with E-state index >= 15 is 0 Å². The lowest BCUT2D eigenvalue weighted by Gasteiger charge is -2.22. The summed E-state index contributed by atoms with van der Waals surface area (Å²) < 4.78 is 27.0. The highest BCUT2D eigenvalue weighted by molar-refractivity contribution is 6.07. The number of imide groups is 2. The van der Waals surface area contributed by atoms with Gasteiger partial charge in [0.15, 0.2) is 0 Å². The maximum atomic E-state index is 14.0. The Morgan fingerprint density at radius 2 is 2.00 bits per heavy atom. The highest BCUT2D eigenvalue weighted by Crippen LogP contribution is 2.31. The van der Waals surface area contributed by atoms with Crippen LogP contribution in [0.4, 0.5) is 18.4 Å². The number of benzene rings is 1. The maximum absolute atomic E-state index is 14.0. The molecule has 4 N–H and O–H groups in total. The third-order valence-electron chi connectivity index (χ3n) is 3.57. The first kappa shape index (κ1) is 17.3. The maximum Gasteiger partial charge on any atom is 0.325 e. The van der Waals surface area contributed by atoms with Gasteiger partial charge in [-0.05, 0) is 13.0 Å². The van der Waals surface area contributed by atoms with Crippen molar-refractivity contribution in [2.75, 3.05) is 6.54 Å². The quantitative estimate of drug-likeness (QED) is 0.683. The van der Waals surface area contributed by atoms with Crippen LogP contribution in [-0.4, -0.2) is 35.3 Å². The topological polar surface area (TPSA) is 122 Å². The number of nitrogens with zero attached hydrogens (tertiary/aromatic N) is 1. The molecule has 1 atom stereocenters. The van der Waals surface area contributed by atoms with Gasteiger partial charge >= 0.3 is 12.1 Å². The van der Waals surface area contributed by atoms with Crippen LogP contribution in [0.1, 0.15) is 18.9 Å². The van der Waals surface area contributed by atoms with Crippen molar-refractivity contribution in [3.63, 3.8) is 0 Å². The molecule has 1 heterocycles. The van der Waals surface area contributed by atoms with Crippen molar-refractivity contribution in [1.29, 1.82) is 0 Å². The van der Waals surface area contributed by atoms with Gasteiger partial charge in [-0.25, -0.2) is 18.4 Å². The second kappa shape index (κ2) is 6.22. The Hall–Kier alpha value is -3.04. The van der Waals surface area contributed by atoms with Gasteiger partial charge in [0, 0.05) is 24.6 Å². The lowest BCUT2D eigenvalue weighted by Crippen LogP contribution is -2.42. The molecule has 2 rings (SSSR count). The van der Waals surface area contributed by atoms with Crippen LogP contribution in [0.15, 0.2) is 18.2 Å². The number of nitrogens with one attached hydrogen (secondary N) is 2. The SMILES string of the molecule is C[C@]1(c2ccc(F)cc2F)NC(=O)N(CCC(=O)NC(N)=O)C1=O. The highest BCUT2D eigenvalue weighted by atomic mass is 19.1. The van der Waals surface area contributed by atoms with E-state index in [1.54, 1.807) is 5.32 Å². The Kier molecular flexibility index (Phi) is 4.49. The van der Waals surface area contributed by atoms with Crippen molar-refractivity contribution in [3.05, 3.63) is 35.4 Å². The summed E-state index contributed by atoms with van der Waals surface area (Å²) in [5.74, 6) is -3.38. The Bertz CT molecular complexity index is 739. The molecule has 0 aliphatic carbocycles. The summed E-state index contributed by atoms with van der Waals surface area (Å²) in [4.78, 5) is 47.1. The number of primary amides is 1. The van der Waals surface area contributed by atoms with Crippen molar-refractivity contribution >= 4 is 23.9 Å². The van der Waals surface area contributed by atoms with Gasteiger partial charge in [-0.3, -0.25) is 19.8 Å². The van der Waals surface area contributed by atoms with E-state index in [9.17, 15) is 28.0 Å². The molecule has 1 aliphatic heterocycles. The normalized spacial score (nSPS) is 20.0. The average Bonchev–Trinajstić information content (AvgIpc) is 2.66. The van der Waals surface area contributed by atoms with Crippen molar-refractivity contribution in [3.8, 4) is 0 Å². The predicted octanol–water partition coefficient (Wildman–Crippen LogP) is 0.317. The van der Waals surface area contributed by atoms with Gasteiger partial charge in [0.05, 0.1) is 0 Å². The molecule has 1 aromatic rings. The van der Waals surface area contributed by atoms with Crippen LogP contribution in [-0.2, 0) is 15.1 Å². The second-order valence-corrected chi connectivity index (χ2v) is 5.30. The number of nitrogens with two attached hydrogens (primary N) is 1. The van der Waals surface area contributed by atoms with E-state index in [1.807, 2.05) is 0 Å². The van der Waals surface area contributed by atoms with Gasteiger partial charge in [-0.2, -0.15) is 0 Å². The highest BCUT2D eigenvalue weighted by Gasteiger charge is 2.50.